The molecule has 5 heteroatoms. The third kappa shape index (κ3) is 3.56. The minimum Gasteiger partial charge on any atom is -0.481 e. The molecule has 1 fully saturated rings. The van der Waals surface area contributed by atoms with E-state index in [1.54, 1.807) is 7.11 Å². The quantitative estimate of drug-likeness (QED) is 0.843. The first kappa shape index (κ1) is 12.1. The lowest BCUT2D eigenvalue weighted by Crippen LogP contribution is -2.10. The first-order valence-corrected chi connectivity index (χ1v) is 5.99. The second-order valence-corrected chi connectivity index (χ2v) is 4.29. The molecular weight excluding hydrogens is 218 g/mol. The Bertz CT molecular complexity index is 365. The van der Waals surface area contributed by atoms with Gasteiger partial charge in [0.25, 0.3) is 0 Å². The normalized spacial score (nSPS) is 19.3. The van der Waals surface area contributed by atoms with Crippen LogP contribution in [0.5, 0.6) is 5.88 Å². The first-order valence-electron chi connectivity index (χ1n) is 5.99. The van der Waals surface area contributed by atoms with E-state index in [9.17, 15) is 0 Å². The van der Waals surface area contributed by atoms with Crippen molar-refractivity contribution in [2.75, 3.05) is 32.2 Å². The third-order valence-corrected chi connectivity index (χ3v) is 2.91. The third-order valence-electron chi connectivity index (χ3n) is 2.91. The maximum absolute atomic E-state index is 5.34. The lowest BCUT2D eigenvalue weighted by molar-refractivity contribution is 0.185. The zero-order chi connectivity index (χ0) is 12.1. The SMILES string of the molecule is COc1cc(NCCC2CCOC2)nc(C)n1. The summed E-state index contributed by atoms with van der Waals surface area (Å²) in [4.78, 5) is 8.46. The summed E-state index contributed by atoms with van der Waals surface area (Å²) in [6, 6.07) is 1.82. The van der Waals surface area contributed by atoms with Crippen molar-refractivity contribution in [2.24, 2.45) is 5.92 Å². The van der Waals surface area contributed by atoms with E-state index >= 15 is 0 Å². The number of hydrogen-bond acceptors (Lipinski definition) is 5. The van der Waals surface area contributed by atoms with Gasteiger partial charge in [0.15, 0.2) is 0 Å². The Morgan fingerprint density at radius 2 is 2.41 bits per heavy atom. The van der Waals surface area contributed by atoms with Gasteiger partial charge in [-0.15, -0.1) is 0 Å². The van der Waals surface area contributed by atoms with E-state index in [-0.39, 0.29) is 0 Å². The summed E-state index contributed by atoms with van der Waals surface area (Å²) in [5, 5.41) is 3.30. The molecule has 0 bridgehead atoms. The van der Waals surface area contributed by atoms with Crippen LogP contribution < -0.4 is 10.1 Å². The molecule has 0 aliphatic carbocycles. The molecule has 1 aliphatic rings. The average molecular weight is 237 g/mol. The van der Waals surface area contributed by atoms with Crippen LogP contribution >= 0.6 is 0 Å². The highest BCUT2D eigenvalue weighted by atomic mass is 16.5. The van der Waals surface area contributed by atoms with Crippen LogP contribution in [0.3, 0.4) is 0 Å². The summed E-state index contributed by atoms with van der Waals surface area (Å²) in [6.45, 7) is 4.57. The zero-order valence-electron chi connectivity index (χ0n) is 10.4. The lowest BCUT2D eigenvalue weighted by Gasteiger charge is -2.10. The molecule has 1 atom stereocenters. The second-order valence-electron chi connectivity index (χ2n) is 4.29. The number of nitrogens with one attached hydrogen (secondary N) is 1. The smallest absolute Gasteiger partial charge is 0.218 e. The molecule has 1 aliphatic heterocycles. The molecule has 17 heavy (non-hydrogen) atoms. The maximum atomic E-state index is 5.34. The van der Waals surface area contributed by atoms with Crippen LogP contribution in [0.4, 0.5) is 5.82 Å². The monoisotopic (exact) mass is 237 g/mol. The predicted octanol–water partition coefficient (Wildman–Crippen LogP) is 1.63. The molecule has 2 heterocycles. The zero-order valence-corrected chi connectivity index (χ0v) is 10.4. The van der Waals surface area contributed by atoms with E-state index in [4.69, 9.17) is 9.47 Å². The van der Waals surface area contributed by atoms with Gasteiger partial charge in [-0.3, -0.25) is 0 Å². The van der Waals surface area contributed by atoms with Crippen molar-refractivity contribution < 1.29 is 9.47 Å². The molecule has 1 unspecified atom stereocenters. The summed E-state index contributed by atoms with van der Waals surface area (Å²) in [7, 11) is 1.61. The van der Waals surface area contributed by atoms with E-state index in [0.29, 0.717) is 11.8 Å². The van der Waals surface area contributed by atoms with Gasteiger partial charge in [0.1, 0.15) is 11.6 Å². The molecule has 0 radical (unpaired) electrons. The Morgan fingerprint density at radius 3 is 3.12 bits per heavy atom. The number of rotatable bonds is 5. The number of aromatic nitrogens is 2. The van der Waals surface area contributed by atoms with Gasteiger partial charge in [-0.05, 0) is 25.7 Å². The van der Waals surface area contributed by atoms with E-state index in [1.165, 1.54) is 6.42 Å². The van der Waals surface area contributed by atoms with Gasteiger partial charge in [0.2, 0.25) is 5.88 Å². The molecule has 0 spiro atoms. The highest BCUT2D eigenvalue weighted by Gasteiger charge is 2.14. The Balaban J connectivity index is 1.83. The number of ether oxygens (including phenoxy) is 2. The summed E-state index contributed by atoms with van der Waals surface area (Å²) in [6.07, 6.45) is 2.29. The minimum atomic E-state index is 0.601. The van der Waals surface area contributed by atoms with E-state index in [0.717, 1.165) is 37.8 Å². The summed E-state index contributed by atoms with van der Waals surface area (Å²) >= 11 is 0. The number of nitrogens with zero attached hydrogens (tertiary/aromatic N) is 2. The van der Waals surface area contributed by atoms with Gasteiger partial charge >= 0.3 is 0 Å². The topological polar surface area (TPSA) is 56.3 Å². The highest BCUT2D eigenvalue weighted by molar-refractivity contribution is 5.38. The van der Waals surface area contributed by atoms with Gasteiger partial charge < -0.3 is 14.8 Å². The van der Waals surface area contributed by atoms with Crippen LogP contribution in [-0.2, 0) is 4.74 Å². The van der Waals surface area contributed by atoms with Crippen molar-refractivity contribution in [2.45, 2.75) is 19.8 Å². The first-order chi connectivity index (χ1) is 8.28. The molecular formula is C12H19N3O2. The highest BCUT2D eigenvalue weighted by Crippen LogP contribution is 2.17. The van der Waals surface area contributed by atoms with Crippen LogP contribution in [0.1, 0.15) is 18.7 Å². The Labute approximate surface area is 102 Å². The molecule has 5 nitrogen and oxygen atoms in total. The number of aryl methyl sites for hydroxylation is 1. The van der Waals surface area contributed by atoms with Gasteiger partial charge in [-0.25, -0.2) is 4.98 Å². The predicted molar refractivity (Wildman–Crippen MR) is 65.4 cm³/mol. The molecule has 1 aromatic rings. The van der Waals surface area contributed by atoms with E-state index in [1.807, 2.05) is 13.0 Å². The average Bonchev–Trinajstić information content (AvgIpc) is 2.81. The number of hydrogen-bond donors (Lipinski definition) is 1. The van der Waals surface area contributed by atoms with Crippen LogP contribution in [0.2, 0.25) is 0 Å². The number of anilines is 1. The van der Waals surface area contributed by atoms with Crippen LogP contribution in [0.25, 0.3) is 0 Å². The molecule has 0 saturated carbocycles. The molecule has 0 amide bonds. The number of methoxy groups -OCH3 is 1. The molecule has 94 valence electrons. The second kappa shape index (κ2) is 5.82. The van der Waals surface area contributed by atoms with E-state index < -0.39 is 0 Å². The molecule has 2 rings (SSSR count). The molecule has 1 saturated heterocycles. The fourth-order valence-corrected chi connectivity index (χ4v) is 1.95. The van der Waals surface area contributed by atoms with Crippen molar-refractivity contribution in [3.63, 3.8) is 0 Å². The molecule has 1 aromatic heterocycles. The van der Waals surface area contributed by atoms with Crippen LogP contribution in [0.15, 0.2) is 6.07 Å². The minimum absolute atomic E-state index is 0.601. The van der Waals surface area contributed by atoms with E-state index in [2.05, 4.69) is 15.3 Å². The Morgan fingerprint density at radius 1 is 1.53 bits per heavy atom. The van der Waals surface area contributed by atoms with Crippen molar-refractivity contribution >= 4 is 5.82 Å². The standard InChI is InChI=1S/C12H19N3O2/c1-9-14-11(7-12(15-9)16-2)13-5-3-10-4-6-17-8-10/h7,10H,3-6,8H2,1-2H3,(H,13,14,15). The van der Waals surface area contributed by atoms with Crippen molar-refractivity contribution in [1.29, 1.82) is 0 Å². The van der Waals surface area contributed by atoms with Gasteiger partial charge in [0.05, 0.1) is 7.11 Å². The molecule has 0 aromatic carbocycles. The van der Waals surface area contributed by atoms with Gasteiger partial charge in [0, 0.05) is 25.8 Å². The Kier molecular flexibility index (Phi) is 4.14. The largest absolute Gasteiger partial charge is 0.481 e. The summed E-state index contributed by atoms with van der Waals surface area (Å²) < 4.78 is 10.4. The van der Waals surface area contributed by atoms with Crippen LogP contribution in [-0.4, -0.2) is 36.8 Å². The van der Waals surface area contributed by atoms with Crippen LogP contribution in [0, 0.1) is 12.8 Å². The fourth-order valence-electron chi connectivity index (χ4n) is 1.95. The summed E-state index contributed by atoms with van der Waals surface area (Å²) in [5.74, 6) is 2.83. The fraction of sp³-hybridized carbons (Fsp3) is 0.667. The van der Waals surface area contributed by atoms with Crippen molar-refractivity contribution in [3.05, 3.63) is 11.9 Å². The molecule has 1 N–H and O–H groups in total. The van der Waals surface area contributed by atoms with Gasteiger partial charge in [-0.1, -0.05) is 0 Å². The van der Waals surface area contributed by atoms with Crippen molar-refractivity contribution in [1.82, 2.24) is 9.97 Å². The Hall–Kier alpha value is -1.36. The van der Waals surface area contributed by atoms with Gasteiger partial charge in [-0.2, -0.15) is 4.98 Å². The lowest BCUT2D eigenvalue weighted by atomic mass is 10.1. The maximum Gasteiger partial charge on any atom is 0.218 e. The summed E-state index contributed by atoms with van der Waals surface area (Å²) in [5.41, 5.74) is 0. The van der Waals surface area contributed by atoms with Crippen molar-refractivity contribution in [3.8, 4) is 5.88 Å².